The normalized spacial score (nSPS) is 11.2. The van der Waals surface area contributed by atoms with E-state index in [1.807, 2.05) is 76.0 Å². The summed E-state index contributed by atoms with van der Waals surface area (Å²) in [6.07, 6.45) is 4.78. The second-order valence-corrected chi connectivity index (χ2v) is 8.20. The van der Waals surface area contributed by atoms with Gasteiger partial charge >= 0.3 is 0 Å². The van der Waals surface area contributed by atoms with Crippen molar-refractivity contribution in [2.75, 3.05) is 0 Å². The van der Waals surface area contributed by atoms with E-state index >= 15 is 0 Å². The number of nitrogens with zero attached hydrogens (tertiary/aromatic N) is 4. The van der Waals surface area contributed by atoms with Gasteiger partial charge in [0.25, 0.3) is 5.56 Å². The predicted molar refractivity (Wildman–Crippen MR) is 132 cm³/mol. The van der Waals surface area contributed by atoms with Crippen molar-refractivity contribution in [3.8, 4) is 11.8 Å². The van der Waals surface area contributed by atoms with Crippen LogP contribution >= 0.6 is 0 Å². The van der Waals surface area contributed by atoms with Gasteiger partial charge < -0.3 is 4.57 Å². The number of nitriles is 1. The number of fused-ring (bicyclic) bond motifs is 2. The first-order valence-electron chi connectivity index (χ1n) is 11.3. The quantitative estimate of drug-likeness (QED) is 0.351. The summed E-state index contributed by atoms with van der Waals surface area (Å²) in [5.74, 6) is 0.826. The first kappa shape index (κ1) is 20.7. The van der Waals surface area contributed by atoms with Gasteiger partial charge in [0.15, 0.2) is 0 Å². The van der Waals surface area contributed by atoms with Crippen LogP contribution in [0.1, 0.15) is 36.7 Å². The Bertz CT molecular complexity index is 1570. The van der Waals surface area contributed by atoms with Gasteiger partial charge in [-0.3, -0.25) is 9.36 Å². The molecule has 0 spiro atoms. The average molecular weight is 433 g/mol. The summed E-state index contributed by atoms with van der Waals surface area (Å²) in [4.78, 5) is 18.3. The fourth-order valence-corrected chi connectivity index (χ4v) is 4.43. The molecule has 162 valence electrons. The van der Waals surface area contributed by atoms with E-state index in [1.165, 1.54) is 0 Å². The van der Waals surface area contributed by atoms with Crippen molar-refractivity contribution in [1.82, 2.24) is 14.1 Å². The zero-order valence-corrected chi connectivity index (χ0v) is 18.5. The average Bonchev–Trinajstić information content (AvgIpc) is 3.29. The Kier molecular flexibility index (Phi) is 5.50. The summed E-state index contributed by atoms with van der Waals surface area (Å²) in [6.45, 7) is 2.60. The molecule has 3 aromatic carbocycles. The molecule has 0 fully saturated rings. The van der Waals surface area contributed by atoms with E-state index in [-0.39, 0.29) is 5.56 Å². The van der Waals surface area contributed by atoms with Gasteiger partial charge in [0.05, 0.1) is 34.2 Å². The minimum absolute atomic E-state index is 0.00188. The third-order valence-corrected chi connectivity index (χ3v) is 6.13. The summed E-state index contributed by atoms with van der Waals surface area (Å²) < 4.78 is 3.87. The Balaban J connectivity index is 1.65. The summed E-state index contributed by atoms with van der Waals surface area (Å²) in [6, 6.07) is 25.6. The van der Waals surface area contributed by atoms with E-state index in [0.717, 1.165) is 52.8 Å². The molecule has 5 aromatic rings. The summed E-state index contributed by atoms with van der Waals surface area (Å²) in [7, 11) is 0. The van der Waals surface area contributed by atoms with Crippen LogP contribution in [0, 0.1) is 11.3 Å². The molecule has 5 rings (SSSR count). The smallest absolute Gasteiger partial charge is 0.261 e. The molecule has 0 unspecified atom stereocenters. The van der Waals surface area contributed by atoms with Crippen LogP contribution < -0.4 is 5.56 Å². The second kappa shape index (κ2) is 8.76. The fraction of sp³-hybridized carbons (Fsp3) is 0.179. The summed E-state index contributed by atoms with van der Waals surface area (Å²) in [5.41, 5.74) is 4.28. The Morgan fingerprint density at radius 1 is 0.939 bits per heavy atom. The number of aromatic nitrogens is 3. The minimum atomic E-state index is -0.00188. The molecule has 33 heavy (non-hydrogen) atoms. The van der Waals surface area contributed by atoms with E-state index < -0.39 is 0 Å². The maximum Gasteiger partial charge on any atom is 0.261 e. The van der Waals surface area contributed by atoms with Crippen molar-refractivity contribution in [3.05, 3.63) is 106 Å². The topological polar surface area (TPSA) is 63.6 Å². The molecule has 0 atom stereocenters. The molecule has 0 aliphatic carbocycles. The lowest BCUT2D eigenvalue weighted by Crippen LogP contribution is -2.26. The van der Waals surface area contributed by atoms with Crippen LogP contribution in [-0.4, -0.2) is 14.1 Å². The third-order valence-electron chi connectivity index (χ3n) is 6.13. The van der Waals surface area contributed by atoms with E-state index in [1.54, 1.807) is 0 Å². The molecule has 0 radical (unpaired) electrons. The number of para-hydroxylation sites is 2. The molecule has 0 saturated carbocycles. The Labute approximate surface area is 192 Å². The van der Waals surface area contributed by atoms with Crippen LogP contribution in [0.25, 0.3) is 27.5 Å². The molecule has 0 amide bonds. The number of hydrogen-bond donors (Lipinski definition) is 0. The van der Waals surface area contributed by atoms with Crippen molar-refractivity contribution in [2.45, 2.75) is 32.7 Å². The highest BCUT2D eigenvalue weighted by Gasteiger charge is 2.14. The molecule has 0 saturated heterocycles. The van der Waals surface area contributed by atoms with E-state index in [9.17, 15) is 10.1 Å². The van der Waals surface area contributed by atoms with Crippen molar-refractivity contribution in [1.29, 1.82) is 5.26 Å². The highest BCUT2D eigenvalue weighted by molar-refractivity contribution is 5.86. The van der Waals surface area contributed by atoms with Gasteiger partial charge in [0.2, 0.25) is 0 Å². The van der Waals surface area contributed by atoms with Gasteiger partial charge in [0, 0.05) is 18.0 Å². The first-order chi connectivity index (χ1) is 16.2. The minimum Gasteiger partial charge on any atom is -0.315 e. The maximum absolute atomic E-state index is 13.4. The van der Waals surface area contributed by atoms with Crippen LogP contribution in [0.2, 0.25) is 0 Å². The van der Waals surface area contributed by atoms with Crippen LogP contribution in [0.15, 0.2) is 83.8 Å². The summed E-state index contributed by atoms with van der Waals surface area (Å²) in [5, 5.41) is 11.3. The zero-order valence-electron chi connectivity index (χ0n) is 18.5. The Morgan fingerprint density at radius 2 is 1.76 bits per heavy atom. The van der Waals surface area contributed by atoms with Crippen molar-refractivity contribution >= 4 is 21.8 Å². The maximum atomic E-state index is 13.4. The predicted octanol–water partition coefficient (Wildman–Crippen LogP) is 5.60. The van der Waals surface area contributed by atoms with Crippen molar-refractivity contribution < 1.29 is 0 Å². The molecule has 5 nitrogen and oxygen atoms in total. The molecule has 0 aliphatic rings. The monoisotopic (exact) mass is 432 g/mol. The SMILES string of the molecule is CCCCc1nc2ccccc2c(=O)n1Cc1cccc2c1ccn2-c1ccccc1C#N. The van der Waals surface area contributed by atoms with Crippen molar-refractivity contribution in [2.24, 2.45) is 0 Å². The molecule has 0 bridgehead atoms. The summed E-state index contributed by atoms with van der Waals surface area (Å²) >= 11 is 0. The van der Waals surface area contributed by atoms with Crippen LogP contribution in [0.3, 0.4) is 0 Å². The van der Waals surface area contributed by atoms with Gasteiger partial charge in [-0.2, -0.15) is 5.26 Å². The van der Waals surface area contributed by atoms with Crippen LogP contribution in [0.5, 0.6) is 0 Å². The standard InChI is InChI=1S/C28H24N4O/c1-2-3-15-27-30-24-12-6-5-11-23(24)28(33)32(27)19-21-10-8-14-26-22(21)16-17-31(26)25-13-7-4-9-20(25)18-29/h4-14,16-17H,2-3,15,19H2,1H3. The number of aryl methyl sites for hydroxylation is 1. The second-order valence-electron chi connectivity index (χ2n) is 8.20. The Morgan fingerprint density at radius 3 is 2.61 bits per heavy atom. The molecular formula is C28H24N4O. The van der Waals surface area contributed by atoms with Gasteiger partial charge in [-0.1, -0.05) is 49.7 Å². The highest BCUT2D eigenvalue weighted by Crippen LogP contribution is 2.26. The van der Waals surface area contributed by atoms with Crippen molar-refractivity contribution in [3.63, 3.8) is 0 Å². The van der Waals surface area contributed by atoms with E-state index in [2.05, 4.69) is 25.1 Å². The number of hydrogen-bond acceptors (Lipinski definition) is 3. The highest BCUT2D eigenvalue weighted by atomic mass is 16.1. The number of rotatable bonds is 6. The van der Waals surface area contributed by atoms with Gasteiger partial charge in [0.1, 0.15) is 11.9 Å². The van der Waals surface area contributed by atoms with E-state index in [4.69, 9.17) is 4.98 Å². The molecule has 5 heteroatoms. The zero-order chi connectivity index (χ0) is 22.8. The van der Waals surface area contributed by atoms with Gasteiger partial charge in [-0.25, -0.2) is 4.98 Å². The fourth-order valence-electron chi connectivity index (χ4n) is 4.43. The molecule has 2 heterocycles. The Hall–Kier alpha value is -4.17. The molecule has 2 aromatic heterocycles. The molecule has 0 aliphatic heterocycles. The van der Waals surface area contributed by atoms with E-state index in [0.29, 0.717) is 17.5 Å². The van der Waals surface area contributed by atoms with Gasteiger partial charge in [-0.05, 0) is 48.4 Å². The third kappa shape index (κ3) is 3.70. The van der Waals surface area contributed by atoms with Crippen LogP contribution in [0.4, 0.5) is 0 Å². The van der Waals surface area contributed by atoms with Crippen LogP contribution in [-0.2, 0) is 13.0 Å². The van der Waals surface area contributed by atoms with Gasteiger partial charge in [-0.15, -0.1) is 0 Å². The number of unbranched alkanes of at least 4 members (excludes halogenated alkanes) is 1. The lowest BCUT2D eigenvalue weighted by molar-refractivity contribution is 0.648. The first-order valence-corrected chi connectivity index (χ1v) is 11.3. The largest absolute Gasteiger partial charge is 0.315 e. The lowest BCUT2D eigenvalue weighted by atomic mass is 10.1. The molecular weight excluding hydrogens is 408 g/mol. The lowest BCUT2D eigenvalue weighted by Gasteiger charge is -2.15. The number of benzene rings is 3. The molecule has 0 N–H and O–H groups in total.